The van der Waals surface area contributed by atoms with Gasteiger partial charge in [-0.2, -0.15) is 0 Å². The van der Waals surface area contributed by atoms with Gasteiger partial charge in [-0.3, -0.25) is 0 Å². The molecule has 0 saturated heterocycles. The Hall–Kier alpha value is -4.62. The molecule has 5 aromatic rings. The van der Waals surface area contributed by atoms with E-state index in [1.54, 1.807) is 0 Å². The van der Waals surface area contributed by atoms with Crippen LogP contribution in [0.1, 0.15) is 37.0 Å². The zero-order valence-electron chi connectivity index (χ0n) is 23.1. The fraction of sp³-hybridized carbons (Fsp3) is 0.128. The second kappa shape index (κ2) is 9.84. The first-order valence-electron chi connectivity index (χ1n) is 14.2. The van der Waals surface area contributed by atoms with E-state index in [9.17, 15) is 0 Å². The number of hydrogen-bond acceptors (Lipinski definition) is 1. The van der Waals surface area contributed by atoms with Gasteiger partial charge < -0.3 is 4.90 Å². The van der Waals surface area contributed by atoms with Crippen LogP contribution in [-0.2, 0) is 5.41 Å². The van der Waals surface area contributed by atoms with Gasteiger partial charge in [-0.05, 0) is 75.2 Å². The number of nitrogens with zero attached hydrogens (tertiary/aromatic N) is 1. The van der Waals surface area contributed by atoms with E-state index in [4.69, 9.17) is 0 Å². The monoisotopic (exact) mass is 515 g/mol. The minimum Gasteiger partial charge on any atom is -0.334 e. The summed E-state index contributed by atoms with van der Waals surface area (Å²) < 4.78 is 0. The number of hydrogen-bond donors (Lipinski definition) is 0. The zero-order chi connectivity index (χ0) is 27.1. The van der Waals surface area contributed by atoms with Gasteiger partial charge in [0.2, 0.25) is 0 Å². The molecule has 0 aromatic heterocycles. The third kappa shape index (κ3) is 4.19. The summed E-state index contributed by atoms with van der Waals surface area (Å²) in [7, 11) is 0. The lowest BCUT2D eigenvalue weighted by Gasteiger charge is -2.34. The topological polar surface area (TPSA) is 3.24 Å². The first kappa shape index (κ1) is 24.4. The molecule has 194 valence electrons. The molecule has 1 heteroatoms. The van der Waals surface area contributed by atoms with Crippen molar-refractivity contribution >= 4 is 16.9 Å². The van der Waals surface area contributed by atoms with Crippen molar-refractivity contribution in [3.63, 3.8) is 0 Å². The van der Waals surface area contributed by atoms with E-state index >= 15 is 0 Å². The molecule has 1 atom stereocenters. The molecule has 0 N–H and O–H groups in total. The molecule has 1 nitrogen and oxygen atoms in total. The number of rotatable bonds is 5. The summed E-state index contributed by atoms with van der Waals surface area (Å²) in [4.78, 5) is 2.51. The molecule has 2 aliphatic rings. The van der Waals surface area contributed by atoms with Crippen LogP contribution in [0, 0.1) is 0 Å². The summed E-state index contributed by atoms with van der Waals surface area (Å²) in [5, 5.41) is 0. The van der Waals surface area contributed by atoms with E-state index in [0.29, 0.717) is 0 Å². The molecule has 40 heavy (non-hydrogen) atoms. The van der Waals surface area contributed by atoms with E-state index < -0.39 is 0 Å². The molecule has 7 rings (SSSR count). The van der Waals surface area contributed by atoms with E-state index in [-0.39, 0.29) is 11.5 Å². The largest absolute Gasteiger partial charge is 0.334 e. The van der Waals surface area contributed by atoms with Crippen LogP contribution >= 0.6 is 0 Å². The van der Waals surface area contributed by atoms with Crippen molar-refractivity contribution < 1.29 is 0 Å². The highest BCUT2D eigenvalue weighted by atomic mass is 15.2. The van der Waals surface area contributed by atoms with Crippen molar-refractivity contribution in [2.24, 2.45) is 0 Å². The van der Waals surface area contributed by atoms with Crippen LogP contribution in [0.2, 0.25) is 0 Å². The Kier molecular flexibility index (Phi) is 6.01. The van der Waals surface area contributed by atoms with Gasteiger partial charge in [0.05, 0.1) is 6.04 Å². The standard InChI is InChI=1S/C39H33N/c1-39(2)37-16-10-9-15-35(37)36-27-34(25-26-38(36)39)40(32-21-17-30(18-22-32)28-11-5-3-6-12-28)33-23-19-31(20-24-33)29-13-7-4-8-14-29/h3-23,25-27,33H,24H2,1-2H3. The van der Waals surface area contributed by atoms with Gasteiger partial charge in [-0.25, -0.2) is 0 Å². The molecule has 0 heterocycles. The third-order valence-electron chi connectivity index (χ3n) is 8.61. The highest BCUT2D eigenvalue weighted by molar-refractivity contribution is 5.85. The number of fused-ring (bicyclic) bond motifs is 3. The lowest BCUT2D eigenvalue weighted by Crippen LogP contribution is -2.30. The molecule has 0 amide bonds. The highest BCUT2D eigenvalue weighted by Gasteiger charge is 2.35. The lowest BCUT2D eigenvalue weighted by molar-refractivity contribution is 0.660. The van der Waals surface area contributed by atoms with E-state index in [2.05, 4.69) is 164 Å². The van der Waals surface area contributed by atoms with Crippen LogP contribution in [0.5, 0.6) is 0 Å². The second-order valence-electron chi connectivity index (χ2n) is 11.4. The first-order valence-corrected chi connectivity index (χ1v) is 14.2. The van der Waals surface area contributed by atoms with E-state index in [0.717, 1.165) is 6.42 Å². The zero-order valence-corrected chi connectivity index (χ0v) is 23.1. The number of anilines is 2. The molecule has 0 saturated carbocycles. The van der Waals surface area contributed by atoms with Crippen LogP contribution in [0.4, 0.5) is 11.4 Å². The Labute approximate surface area is 237 Å². The average molecular weight is 516 g/mol. The van der Waals surface area contributed by atoms with Crippen molar-refractivity contribution in [3.05, 3.63) is 162 Å². The minimum absolute atomic E-state index is 0.00465. The summed E-state index contributed by atoms with van der Waals surface area (Å²) in [5.74, 6) is 0. The van der Waals surface area contributed by atoms with Gasteiger partial charge in [-0.1, -0.05) is 135 Å². The predicted molar refractivity (Wildman–Crippen MR) is 170 cm³/mol. The molecule has 0 radical (unpaired) electrons. The van der Waals surface area contributed by atoms with Crippen molar-refractivity contribution in [2.75, 3.05) is 4.90 Å². The summed E-state index contributed by atoms with van der Waals surface area (Å²) in [5.41, 5.74) is 13.0. The fourth-order valence-corrected chi connectivity index (χ4v) is 6.48. The SMILES string of the molecule is CC1(C)c2ccccc2-c2cc(N(c3ccc(-c4ccccc4)cc3)C3C=CC(c4ccccc4)=CC3)ccc21. The first-order chi connectivity index (χ1) is 19.6. The maximum atomic E-state index is 2.51. The number of allylic oxidation sites excluding steroid dienone is 2. The second-order valence-corrected chi connectivity index (χ2v) is 11.4. The number of benzene rings is 5. The lowest BCUT2D eigenvalue weighted by atomic mass is 9.82. The van der Waals surface area contributed by atoms with Gasteiger partial charge in [0.15, 0.2) is 0 Å². The third-order valence-corrected chi connectivity index (χ3v) is 8.61. The normalized spacial score (nSPS) is 16.6. The molecule has 2 aliphatic carbocycles. The quantitative estimate of drug-likeness (QED) is 0.225. The van der Waals surface area contributed by atoms with Gasteiger partial charge in [0.1, 0.15) is 0 Å². The smallest absolute Gasteiger partial charge is 0.0560 e. The molecule has 0 aliphatic heterocycles. The molecule has 0 fully saturated rings. The van der Waals surface area contributed by atoms with Crippen LogP contribution in [0.3, 0.4) is 0 Å². The van der Waals surface area contributed by atoms with Crippen LogP contribution in [-0.4, -0.2) is 6.04 Å². The van der Waals surface area contributed by atoms with Gasteiger partial charge in [0, 0.05) is 16.8 Å². The van der Waals surface area contributed by atoms with Crippen LogP contribution < -0.4 is 4.90 Å². The fourth-order valence-electron chi connectivity index (χ4n) is 6.48. The minimum atomic E-state index is 0.00465. The highest BCUT2D eigenvalue weighted by Crippen LogP contribution is 2.50. The Morgan fingerprint density at radius 3 is 1.88 bits per heavy atom. The summed E-state index contributed by atoms with van der Waals surface area (Å²) in [6, 6.07) is 46.6. The Morgan fingerprint density at radius 2 is 1.18 bits per heavy atom. The predicted octanol–water partition coefficient (Wildman–Crippen LogP) is 10.2. The van der Waals surface area contributed by atoms with Crippen molar-refractivity contribution in [2.45, 2.75) is 31.7 Å². The van der Waals surface area contributed by atoms with Crippen molar-refractivity contribution in [1.82, 2.24) is 0 Å². The molecule has 5 aromatic carbocycles. The maximum Gasteiger partial charge on any atom is 0.0560 e. The molecular formula is C39H33N. The van der Waals surface area contributed by atoms with Crippen LogP contribution in [0.15, 0.2) is 146 Å². The van der Waals surface area contributed by atoms with Gasteiger partial charge in [-0.15, -0.1) is 0 Å². The average Bonchev–Trinajstić information content (AvgIpc) is 3.25. The van der Waals surface area contributed by atoms with Crippen molar-refractivity contribution in [1.29, 1.82) is 0 Å². The summed E-state index contributed by atoms with van der Waals surface area (Å²) in [6.07, 6.45) is 8.00. The molecule has 0 spiro atoms. The Bertz CT molecular complexity index is 1720. The van der Waals surface area contributed by atoms with Gasteiger partial charge in [0.25, 0.3) is 0 Å². The molecule has 0 bridgehead atoms. The molecule has 1 unspecified atom stereocenters. The summed E-state index contributed by atoms with van der Waals surface area (Å²) >= 11 is 0. The maximum absolute atomic E-state index is 2.51. The Balaban J connectivity index is 1.30. The summed E-state index contributed by atoms with van der Waals surface area (Å²) in [6.45, 7) is 4.69. The van der Waals surface area contributed by atoms with Crippen molar-refractivity contribution in [3.8, 4) is 22.3 Å². The van der Waals surface area contributed by atoms with E-state index in [1.165, 1.54) is 55.9 Å². The van der Waals surface area contributed by atoms with Gasteiger partial charge >= 0.3 is 0 Å². The van der Waals surface area contributed by atoms with Crippen LogP contribution in [0.25, 0.3) is 27.8 Å². The Morgan fingerprint density at radius 1 is 0.575 bits per heavy atom. The van der Waals surface area contributed by atoms with E-state index in [1.807, 2.05) is 0 Å². The molecular weight excluding hydrogens is 482 g/mol.